The van der Waals surface area contributed by atoms with Crippen molar-refractivity contribution in [3.05, 3.63) is 54.1 Å². The topological polar surface area (TPSA) is 38.3 Å². The summed E-state index contributed by atoms with van der Waals surface area (Å²) in [7, 11) is 0. The molecular formula is C16H13F2NO2S. The van der Waals surface area contributed by atoms with E-state index in [2.05, 4.69) is 10.1 Å². The second kappa shape index (κ2) is 6.36. The van der Waals surface area contributed by atoms with Crippen LogP contribution in [0, 0.1) is 0 Å². The third kappa shape index (κ3) is 3.39. The molecule has 1 aliphatic rings. The molecule has 6 heteroatoms. The van der Waals surface area contributed by atoms with Crippen molar-refractivity contribution in [1.29, 1.82) is 0 Å². The largest absolute Gasteiger partial charge is 0.435 e. The van der Waals surface area contributed by atoms with E-state index < -0.39 is 6.61 Å². The average Bonchev–Trinajstić information content (AvgIpc) is 2.93. The van der Waals surface area contributed by atoms with Gasteiger partial charge in [0.1, 0.15) is 5.75 Å². The van der Waals surface area contributed by atoms with Gasteiger partial charge in [-0.25, -0.2) is 0 Å². The van der Waals surface area contributed by atoms with Gasteiger partial charge in [0.05, 0.1) is 5.25 Å². The molecule has 2 aromatic carbocycles. The summed E-state index contributed by atoms with van der Waals surface area (Å²) in [6, 6.07) is 13.8. The summed E-state index contributed by atoms with van der Waals surface area (Å²) in [5, 5.41) is 2.62. The monoisotopic (exact) mass is 321 g/mol. The Kier molecular flexibility index (Phi) is 4.29. The maximum Gasteiger partial charge on any atom is 0.387 e. The Labute approximate surface area is 130 Å². The van der Waals surface area contributed by atoms with Crippen molar-refractivity contribution in [2.45, 2.75) is 23.2 Å². The van der Waals surface area contributed by atoms with Crippen molar-refractivity contribution in [3.8, 4) is 5.75 Å². The van der Waals surface area contributed by atoms with Gasteiger partial charge in [0.25, 0.3) is 0 Å². The van der Waals surface area contributed by atoms with Gasteiger partial charge in [-0.05, 0) is 42.3 Å². The molecule has 0 saturated carbocycles. The fraction of sp³-hybridized carbons (Fsp3) is 0.188. The minimum absolute atomic E-state index is 0.0654. The van der Waals surface area contributed by atoms with E-state index >= 15 is 0 Å². The molecule has 3 nitrogen and oxygen atoms in total. The zero-order chi connectivity index (χ0) is 15.5. The average molecular weight is 321 g/mol. The first-order valence-corrected chi connectivity index (χ1v) is 7.60. The molecule has 0 aliphatic carbocycles. The highest BCUT2D eigenvalue weighted by Gasteiger charge is 2.27. The Morgan fingerprint density at radius 1 is 1.18 bits per heavy atom. The Bertz CT molecular complexity index is 651. The first-order chi connectivity index (χ1) is 10.6. The van der Waals surface area contributed by atoms with Gasteiger partial charge in [-0.3, -0.25) is 4.79 Å². The summed E-state index contributed by atoms with van der Waals surface area (Å²) >= 11 is 1.54. The van der Waals surface area contributed by atoms with Gasteiger partial charge in [0.2, 0.25) is 5.91 Å². The number of amides is 1. The quantitative estimate of drug-likeness (QED) is 0.927. The number of rotatable bonds is 4. The molecule has 1 N–H and O–H groups in total. The predicted octanol–water partition coefficient (Wildman–Crippen LogP) is 3.94. The van der Waals surface area contributed by atoms with E-state index in [1.54, 1.807) is 12.1 Å². The van der Waals surface area contributed by atoms with Crippen LogP contribution in [0.4, 0.5) is 14.5 Å². The van der Waals surface area contributed by atoms with E-state index in [-0.39, 0.29) is 16.9 Å². The van der Waals surface area contributed by atoms with Crippen LogP contribution in [-0.4, -0.2) is 17.8 Å². The number of ether oxygens (including phenoxy) is 1. The summed E-state index contributed by atoms with van der Waals surface area (Å²) < 4.78 is 28.4. The van der Waals surface area contributed by atoms with Crippen LogP contribution >= 0.6 is 11.8 Å². The summed E-state index contributed by atoms with van der Waals surface area (Å²) in [6.07, 6.45) is 0.694. The van der Waals surface area contributed by atoms with Gasteiger partial charge in [0.15, 0.2) is 0 Å². The van der Waals surface area contributed by atoms with Gasteiger partial charge >= 0.3 is 6.61 Å². The third-order valence-electron chi connectivity index (χ3n) is 3.29. The van der Waals surface area contributed by atoms with Gasteiger partial charge < -0.3 is 10.1 Å². The van der Waals surface area contributed by atoms with Crippen molar-refractivity contribution in [3.63, 3.8) is 0 Å². The molecule has 0 bridgehead atoms. The normalized spacial score (nSPS) is 16.4. The maximum atomic E-state index is 12.3. The second-order valence-electron chi connectivity index (χ2n) is 4.81. The Balaban J connectivity index is 1.61. The molecule has 114 valence electrons. The fourth-order valence-corrected chi connectivity index (χ4v) is 3.47. The molecule has 1 aliphatic heterocycles. The van der Waals surface area contributed by atoms with Crippen LogP contribution in [-0.2, 0) is 11.2 Å². The second-order valence-corrected chi connectivity index (χ2v) is 6.06. The molecule has 22 heavy (non-hydrogen) atoms. The van der Waals surface area contributed by atoms with E-state index in [4.69, 9.17) is 0 Å². The number of anilines is 1. The Morgan fingerprint density at radius 3 is 2.59 bits per heavy atom. The molecule has 1 amide bonds. The molecule has 2 aromatic rings. The third-order valence-corrected chi connectivity index (χ3v) is 4.60. The van der Waals surface area contributed by atoms with E-state index in [0.29, 0.717) is 12.1 Å². The fourth-order valence-electron chi connectivity index (χ4n) is 2.27. The van der Waals surface area contributed by atoms with E-state index in [0.717, 1.165) is 4.90 Å². The molecule has 1 heterocycles. The van der Waals surface area contributed by atoms with Crippen molar-refractivity contribution in [1.82, 2.24) is 0 Å². The minimum Gasteiger partial charge on any atom is -0.435 e. The van der Waals surface area contributed by atoms with Crippen molar-refractivity contribution in [2.75, 3.05) is 5.32 Å². The van der Waals surface area contributed by atoms with Crippen LogP contribution in [0.2, 0.25) is 0 Å². The number of benzene rings is 2. The molecule has 0 radical (unpaired) electrons. The molecular weight excluding hydrogens is 308 g/mol. The van der Waals surface area contributed by atoms with Crippen LogP contribution in [0.15, 0.2) is 53.4 Å². The zero-order valence-corrected chi connectivity index (χ0v) is 12.3. The molecule has 3 rings (SSSR count). The number of halogens is 2. The number of thioether (sulfide) groups is 1. The SMILES string of the molecule is O=C(Nc1ccc(OC(F)F)cc1)C1Cc2ccccc2S1. The smallest absolute Gasteiger partial charge is 0.387 e. The molecule has 0 saturated heterocycles. The number of carbonyl (C=O) groups is 1. The highest BCUT2D eigenvalue weighted by atomic mass is 32.2. The van der Waals surface area contributed by atoms with Gasteiger partial charge in [-0.2, -0.15) is 8.78 Å². The predicted molar refractivity (Wildman–Crippen MR) is 81.5 cm³/mol. The summed E-state index contributed by atoms with van der Waals surface area (Å²) in [6.45, 7) is -2.85. The summed E-state index contributed by atoms with van der Waals surface area (Å²) in [4.78, 5) is 13.4. The molecule has 0 spiro atoms. The summed E-state index contributed by atoms with van der Waals surface area (Å²) in [5.74, 6) is -0.0284. The number of hydrogen-bond acceptors (Lipinski definition) is 3. The van der Waals surface area contributed by atoms with Crippen LogP contribution in [0.5, 0.6) is 5.75 Å². The molecule has 0 aromatic heterocycles. The Morgan fingerprint density at radius 2 is 1.91 bits per heavy atom. The standard InChI is InChI=1S/C16H13F2NO2S/c17-16(18)21-12-7-5-11(6-8-12)19-15(20)14-9-10-3-1-2-4-13(10)22-14/h1-8,14,16H,9H2,(H,19,20). The van der Waals surface area contributed by atoms with E-state index in [1.165, 1.54) is 29.5 Å². The first-order valence-electron chi connectivity index (χ1n) is 6.72. The molecule has 1 atom stereocenters. The van der Waals surface area contributed by atoms with Crippen LogP contribution < -0.4 is 10.1 Å². The first kappa shape index (κ1) is 14.8. The van der Waals surface area contributed by atoms with Crippen molar-refractivity contribution < 1.29 is 18.3 Å². The van der Waals surface area contributed by atoms with E-state index in [9.17, 15) is 13.6 Å². The number of fused-ring (bicyclic) bond motifs is 1. The van der Waals surface area contributed by atoms with Gasteiger partial charge in [0, 0.05) is 10.6 Å². The number of carbonyl (C=O) groups excluding carboxylic acids is 1. The maximum absolute atomic E-state index is 12.3. The van der Waals surface area contributed by atoms with Crippen LogP contribution in [0.3, 0.4) is 0 Å². The lowest BCUT2D eigenvalue weighted by Gasteiger charge is -2.10. The van der Waals surface area contributed by atoms with Gasteiger partial charge in [-0.15, -0.1) is 11.8 Å². The van der Waals surface area contributed by atoms with Crippen molar-refractivity contribution >= 4 is 23.4 Å². The highest BCUT2D eigenvalue weighted by molar-refractivity contribution is 8.01. The number of nitrogens with one attached hydrogen (secondary N) is 1. The van der Waals surface area contributed by atoms with Crippen LogP contribution in [0.25, 0.3) is 0 Å². The van der Waals surface area contributed by atoms with E-state index in [1.807, 2.05) is 24.3 Å². The lowest BCUT2D eigenvalue weighted by molar-refractivity contribution is -0.115. The highest BCUT2D eigenvalue weighted by Crippen LogP contribution is 2.37. The van der Waals surface area contributed by atoms with Crippen molar-refractivity contribution in [2.24, 2.45) is 0 Å². The number of alkyl halides is 2. The number of hydrogen-bond donors (Lipinski definition) is 1. The molecule has 0 fully saturated rings. The lowest BCUT2D eigenvalue weighted by Crippen LogP contribution is -2.24. The zero-order valence-electron chi connectivity index (χ0n) is 11.5. The Hall–Kier alpha value is -2.08. The molecule has 1 unspecified atom stereocenters. The minimum atomic E-state index is -2.85. The lowest BCUT2D eigenvalue weighted by atomic mass is 10.1. The van der Waals surface area contributed by atoms with Gasteiger partial charge in [-0.1, -0.05) is 18.2 Å². The summed E-state index contributed by atoms with van der Waals surface area (Å²) in [5.41, 5.74) is 1.73. The van der Waals surface area contributed by atoms with Crippen LogP contribution in [0.1, 0.15) is 5.56 Å².